The molecule has 2 saturated carbocycles. The van der Waals surface area contributed by atoms with Gasteiger partial charge in [-0.1, -0.05) is 6.07 Å². The van der Waals surface area contributed by atoms with Gasteiger partial charge in [-0.25, -0.2) is 0 Å². The average molecular weight is 515 g/mol. The van der Waals surface area contributed by atoms with Gasteiger partial charge in [-0.3, -0.25) is 14.5 Å². The molecule has 3 aromatic rings. The largest absolute Gasteiger partial charge is 0.485 e. The van der Waals surface area contributed by atoms with Gasteiger partial charge in [-0.2, -0.15) is 15.4 Å². The summed E-state index contributed by atoms with van der Waals surface area (Å²) in [5.74, 6) is 1.18. The molecule has 2 amide bonds. The van der Waals surface area contributed by atoms with E-state index in [9.17, 15) is 14.7 Å². The standard InChI is InChI=1S/C28H30N6O4/c35-14-29-19-6-3-16-12-22-28(37)8-7-20(30-26(36)17-4-5-18-21(11-17)32-33-31-18)25-27(28,23(16)24(19)38-25)9-10-34(22)13-15-1-2-15/h3-6,11,14-15,20,22,25,37H,1-2,7-10,12-13H2,(H,29,35)(H,30,36)(H,31,32,33)/t20?,22-,25?,27+,28-/m1/s1. The maximum atomic E-state index is 13.4. The molecule has 1 saturated heterocycles. The lowest BCUT2D eigenvalue weighted by Gasteiger charge is -2.64. The maximum absolute atomic E-state index is 13.4. The predicted molar refractivity (Wildman–Crippen MR) is 138 cm³/mol. The molecule has 2 aliphatic heterocycles. The van der Waals surface area contributed by atoms with Gasteiger partial charge in [-0.05, 0) is 80.8 Å². The third-order valence-corrected chi connectivity index (χ3v) is 9.89. The minimum Gasteiger partial charge on any atom is -0.485 e. The van der Waals surface area contributed by atoms with Gasteiger partial charge < -0.3 is 20.5 Å². The maximum Gasteiger partial charge on any atom is 0.251 e. The lowest BCUT2D eigenvalue weighted by Crippen LogP contribution is -2.78. The van der Waals surface area contributed by atoms with E-state index in [1.165, 1.54) is 18.4 Å². The molecule has 4 N–H and O–H groups in total. The number of hydrogen-bond acceptors (Lipinski definition) is 7. The number of nitrogens with one attached hydrogen (secondary N) is 3. The first-order chi connectivity index (χ1) is 18.5. The molecule has 38 heavy (non-hydrogen) atoms. The average Bonchev–Trinajstić information content (AvgIpc) is 3.47. The molecule has 8 rings (SSSR count). The minimum atomic E-state index is -0.969. The second-order valence-corrected chi connectivity index (χ2v) is 11.7. The van der Waals surface area contributed by atoms with Gasteiger partial charge in [0.05, 0.1) is 22.7 Å². The van der Waals surface area contributed by atoms with Crippen molar-refractivity contribution in [2.24, 2.45) is 5.92 Å². The first kappa shape index (κ1) is 22.5. The van der Waals surface area contributed by atoms with E-state index in [2.05, 4.69) is 37.0 Å². The molecule has 5 atom stereocenters. The summed E-state index contributed by atoms with van der Waals surface area (Å²) >= 11 is 0. The molecular formula is C28H30N6O4. The van der Waals surface area contributed by atoms with Crippen molar-refractivity contribution in [1.29, 1.82) is 0 Å². The summed E-state index contributed by atoms with van der Waals surface area (Å²) in [6.45, 7) is 1.92. The van der Waals surface area contributed by atoms with Crippen molar-refractivity contribution in [3.05, 3.63) is 47.0 Å². The Bertz CT molecular complexity index is 1490. The number of carbonyl (C=O) groups is 2. The van der Waals surface area contributed by atoms with E-state index in [0.717, 1.165) is 37.4 Å². The zero-order chi connectivity index (χ0) is 25.6. The van der Waals surface area contributed by atoms with Crippen LogP contribution in [0.4, 0.5) is 5.69 Å². The number of amides is 2. The summed E-state index contributed by atoms with van der Waals surface area (Å²) in [5, 5.41) is 29.5. The molecule has 196 valence electrons. The van der Waals surface area contributed by atoms with Crippen LogP contribution in [0.15, 0.2) is 30.3 Å². The van der Waals surface area contributed by atoms with Gasteiger partial charge in [0.25, 0.3) is 5.91 Å². The summed E-state index contributed by atoms with van der Waals surface area (Å²) in [6.07, 6.45) is 5.47. The van der Waals surface area contributed by atoms with Crippen LogP contribution >= 0.6 is 0 Å². The highest BCUT2D eigenvalue weighted by atomic mass is 16.5. The molecule has 2 bridgehead atoms. The first-order valence-electron chi connectivity index (χ1n) is 13.6. The highest BCUT2D eigenvalue weighted by Crippen LogP contribution is 2.65. The number of hydrogen-bond donors (Lipinski definition) is 4. The first-order valence-corrected chi connectivity index (χ1v) is 13.6. The second-order valence-electron chi connectivity index (χ2n) is 11.7. The number of ether oxygens (including phenoxy) is 1. The van der Waals surface area contributed by atoms with E-state index in [1.54, 1.807) is 18.2 Å². The second kappa shape index (κ2) is 7.77. The number of H-pyrrole nitrogens is 1. The van der Waals surface area contributed by atoms with Crippen LogP contribution in [-0.4, -0.2) is 74.6 Å². The van der Waals surface area contributed by atoms with Crippen LogP contribution in [0.5, 0.6) is 5.75 Å². The van der Waals surface area contributed by atoms with E-state index >= 15 is 0 Å². The van der Waals surface area contributed by atoms with Crippen LogP contribution in [0.25, 0.3) is 11.0 Å². The molecule has 1 aromatic heterocycles. The highest BCUT2D eigenvalue weighted by Gasteiger charge is 2.73. The van der Waals surface area contributed by atoms with E-state index in [0.29, 0.717) is 47.3 Å². The van der Waals surface area contributed by atoms with Crippen molar-refractivity contribution in [3.8, 4) is 5.75 Å². The Hall–Kier alpha value is -3.50. The molecule has 3 fully saturated rings. The number of nitrogens with zero attached hydrogens (tertiary/aromatic N) is 3. The fourth-order valence-corrected chi connectivity index (χ4v) is 8.05. The molecule has 3 aliphatic carbocycles. The Morgan fingerprint density at radius 1 is 1.18 bits per heavy atom. The van der Waals surface area contributed by atoms with Crippen LogP contribution in [0.3, 0.4) is 0 Å². The van der Waals surface area contributed by atoms with Crippen LogP contribution in [0.2, 0.25) is 0 Å². The summed E-state index contributed by atoms with van der Waals surface area (Å²) in [6, 6.07) is 8.96. The molecular weight excluding hydrogens is 484 g/mol. The van der Waals surface area contributed by atoms with E-state index < -0.39 is 17.1 Å². The molecule has 5 aliphatic rings. The Labute approximate surface area is 219 Å². The van der Waals surface area contributed by atoms with Gasteiger partial charge >= 0.3 is 0 Å². The van der Waals surface area contributed by atoms with Crippen molar-refractivity contribution < 1.29 is 19.4 Å². The fourth-order valence-electron chi connectivity index (χ4n) is 8.05. The Kier molecular flexibility index (Phi) is 4.59. The number of rotatable bonds is 6. The van der Waals surface area contributed by atoms with E-state index in [4.69, 9.17) is 4.74 Å². The van der Waals surface area contributed by atoms with Gasteiger partial charge in [0, 0.05) is 23.7 Å². The third-order valence-electron chi connectivity index (χ3n) is 9.89. The van der Waals surface area contributed by atoms with Crippen LogP contribution in [0.1, 0.15) is 53.6 Å². The molecule has 2 unspecified atom stereocenters. The minimum absolute atomic E-state index is 0.0116. The van der Waals surface area contributed by atoms with Crippen molar-refractivity contribution in [2.45, 2.75) is 67.7 Å². The number of likely N-dealkylation sites (tertiary alicyclic amines) is 1. The highest BCUT2D eigenvalue weighted by molar-refractivity contribution is 5.97. The molecule has 10 nitrogen and oxygen atoms in total. The number of piperidine rings is 1. The number of benzene rings is 2. The fraction of sp³-hybridized carbons (Fsp3) is 0.500. The number of aliphatic hydroxyl groups is 1. The topological polar surface area (TPSA) is 132 Å². The third kappa shape index (κ3) is 2.90. The van der Waals surface area contributed by atoms with Gasteiger partial charge in [-0.15, -0.1) is 0 Å². The number of aromatic amines is 1. The molecule has 2 aromatic carbocycles. The lowest BCUT2D eigenvalue weighted by molar-refractivity contribution is -0.190. The number of aromatic nitrogens is 3. The van der Waals surface area contributed by atoms with Gasteiger partial charge in [0.2, 0.25) is 6.41 Å². The van der Waals surface area contributed by atoms with Crippen molar-refractivity contribution in [2.75, 3.05) is 18.4 Å². The summed E-state index contributed by atoms with van der Waals surface area (Å²) in [5.41, 5.74) is 3.05. The lowest BCUT2D eigenvalue weighted by atomic mass is 9.48. The normalized spacial score (nSPS) is 32.9. The smallest absolute Gasteiger partial charge is 0.251 e. The zero-order valence-corrected chi connectivity index (χ0v) is 20.9. The van der Waals surface area contributed by atoms with Crippen molar-refractivity contribution >= 4 is 29.0 Å². The zero-order valence-electron chi connectivity index (χ0n) is 20.9. The van der Waals surface area contributed by atoms with Crippen molar-refractivity contribution in [1.82, 2.24) is 25.6 Å². The molecule has 3 heterocycles. The number of carbonyl (C=O) groups excluding carboxylic acids is 2. The Balaban J connectivity index is 1.20. The monoisotopic (exact) mass is 514 g/mol. The van der Waals surface area contributed by atoms with Crippen LogP contribution in [0, 0.1) is 5.92 Å². The summed E-state index contributed by atoms with van der Waals surface area (Å²) < 4.78 is 6.72. The quantitative estimate of drug-likeness (QED) is 0.369. The predicted octanol–water partition coefficient (Wildman–Crippen LogP) is 1.89. The summed E-state index contributed by atoms with van der Waals surface area (Å²) in [7, 11) is 0. The van der Waals surface area contributed by atoms with Gasteiger partial charge in [0.15, 0.2) is 0 Å². The number of fused-ring (bicyclic) bond motifs is 1. The Morgan fingerprint density at radius 2 is 2.05 bits per heavy atom. The molecule has 10 heteroatoms. The summed E-state index contributed by atoms with van der Waals surface area (Å²) in [4.78, 5) is 27.4. The number of anilines is 1. The molecule has 0 radical (unpaired) electrons. The molecule has 1 spiro atoms. The Morgan fingerprint density at radius 3 is 2.89 bits per heavy atom. The van der Waals surface area contributed by atoms with E-state index in [-0.39, 0.29) is 18.0 Å². The van der Waals surface area contributed by atoms with Crippen LogP contribution in [-0.2, 0) is 16.6 Å². The van der Waals surface area contributed by atoms with Crippen molar-refractivity contribution in [3.63, 3.8) is 0 Å². The van der Waals surface area contributed by atoms with E-state index in [1.807, 2.05) is 6.07 Å². The SMILES string of the molecule is O=CNc1ccc2c3c1OC1C(NC(=O)c4ccc5n[nH]nc5c4)CC[C@@]4(O)[C@@H](C2)N(CC2CC2)CC[C@]314. The van der Waals surface area contributed by atoms with Crippen LogP contribution < -0.4 is 15.4 Å². The van der Waals surface area contributed by atoms with Gasteiger partial charge in [0.1, 0.15) is 22.9 Å².